The first-order valence-electron chi connectivity index (χ1n) is 8.04. The van der Waals surface area contributed by atoms with Crippen LogP contribution < -0.4 is 14.8 Å². The largest absolute Gasteiger partial charge is 0.490 e. The van der Waals surface area contributed by atoms with Gasteiger partial charge in [-0.15, -0.1) is 0 Å². The van der Waals surface area contributed by atoms with Crippen molar-refractivity contribution in [2.75, 3.05) is 26.4 Å². The maximum absolute atomic E-state index is 6.05. The molecule has 1 aromatic carbocycles. The molecule has 21 heavy (non-hydrogen) atoms. The van der Waals surface area contributed by atoms with E-state index in [1.165, 1.54) is 5.56 Å². The number of hydrogen-bond acceptors (Lipinski definition) is 4. The topological polar surface area (TPSA) is 39.7 Å². The number of rotatable bonds is 8. The van der Waals surface area contributed by atoms with Crippen molar-refractivity contribution in [1.82, 2.24) is 5.32 Å². The Hall–Kier alpha value is -1.26. The van der Waals surface area contributed by atoms with Crippen LogP contribution in [0.5, 0.6) is 11.5 Å². The van der Waals surface area contributed by atoms with Gasteiger partial charge in [-0.1, -0.05) is 13.0 Å². The minimum Gasteiger partial charge on any atom is -0.490 e. The molecule has 1 atom stereocenters. The summed E-state index contributed by atoms with van der Waals surface area (Å²) in [6.07, 6.45) is 3.39. The van der Waals surface area contributed by atoms with Gasteiger partial charge in [-0.05, 0) is 50.4 Å². The fourth-order valence-corrected chi connectivity index (χ4v) is 2.42. The van der Waals surface area contributed by atoms with Crippen LogP contribution in [0.4, 0.5) is 0 Å². The van der Waals surface area contributed by atoms with Crippen molar-refractivity contribution < 1.29 is 14.2 Å². The molecule has 1 aliphatic heterocycles. The Morgan fingerprint density at radius 2 is 2.19 bits per heavy atom. The second kappa shape index (κ2) is 8.90. The molecule has 1 heterocycles. The van der Waals surface area contributed by atoms with Crippen molar-refractivity contribution in [3.63, 3.8) is 0 Å². The van der Waals surface area contributed by atoms with Gasteiger partial charge in [0.25, 0.3) is 0 Å². The van der Waals surface area contributed by atoms with Gasteiger partial charge in [-0.2, -0.15) is 0 Å². The van der Waals surface area contributed by atoms with E-state index in [0.29, 0.717) is 13.2 Å². The van der Waals surface area contributed by atoms with Crippen molar-refractivity contribution in [3.05, 3.63) is 23.8 Å². The van der Waals surface area contributed by atoms with Gasteiger partial charge in [0, 0.05) is 13.2 Å². The summed E-state index contributed by atoms with van der Waals surface area (Å²) in [6.45, 7) is 8.22. The maximum Gasteiger partial charge on any atom is 0.161 e. The number of nitrogens with one attached hydrogen (secondary N) is 1. The number of ether oxygens (including phenoxy) is 3. The van der Waals surface area contributed by atoms with Crippen molar-refractivity contribution >= 4 is 0 Å². The van der Waals surface area contributed by atoms with Crippen LogP contribution >= 0.6 is 0 Å². The Labute approximate surface area is 127 Å². The molecule has 1 aromatic rings. The summed E-state index contributed by atoms with van der Waals surface area (Å²) < 4.78 is 17.2. The predicted octanol–water partition coefficient (Wildman–Crippen LogP) is 3.14. The molecular formula is C17H27NO3. The minimum atomic E-state index is 0.141. The smallest absolute Gasteiger partial charge is 0.161 e. The summed E-state index contributed by atoms with van der Waals surface area (Å²) in [6, 6.07) is 6.19. The first-order valence-corrected chi connectivity index (χ1v) is 8.04. The van der Waals surface area contributed by atoms with Crippen molar-refractivity contribution in [3.8, 4) is 11.5 Å². The second-order valence-electron chi connectivity index (χ2n) is 5.35. The van der Waals surface area contributed by atoms with E-state index in [4.69, 9.17) is 14.2 Å². The molecule has 0 spiro atoms. The van der Waals surface area contributed by atoms with Crippen LogP contribution in [0.25, 0.3) is 0 Å². The normalized spacial score (nSPS) is 18.5. The Kier molecular flexibility index (Phi) is 6.83. The summed E-state index contributed by atoms with van der Waals surface area (Å²) in [5.74, 6) is 1.66. The van der Waals surface area contributed by atoms with Crippen LogP contribution in [0, 0.1) is 0 Å². The molecule has 0 aliphatic carbocycles. The molecule has 4 nitrogen and oxygen atoms in total. The first kappa shape index (κ1) is 16.1. The fourth-order valence-electron chi connectivity index (χ4n) is 2.42. The molecule has 0 aromatic heterocycles. The third-order valence-electron chi connectivity index (χ3n) is 3.48. The summed E-state index contributed by atoms with van der Waals surface area (Å²) in [4.78, 5) is 0. The van der Waals surface area contributed by atoms with Crippen LogP contribution in [-0.2, 0) is 11.3 Å². The van der Waals surface area contributed by atoms with Crippen molar-refractivity contribution in [2.45, 2.75) is 45.8 Å². The van der Waals surface area contributed by atoms with Gasteiger partial charge in [-0.3, -0.25) is 0 Å². The molecule has 118 valence electrons. The molecule has 0 radical (unpaired) electrons. The molecule has 0 saturated carbocycles. The SMILES string of the molecule is CCCNCc1ccc(OC2CCCOC2)c(OCC)c1. The van der Waals surface area contributed by atoms with Gasteiger partial charge in [0.1, 0.15) is 6.10 Å². The molecular weight excluding hydrogens is 266 g/mol. The average molecular weight is 293 g/mol. The van der Waals surface area contributed by atoms with Crippen LogP contribution in [0.2, 0.25) is 0 Å². The Bertz CT molecular complexity index is 416. The number of benzene rings is 1. The summed E-state index contributed by atoms with van der Waals surface area (Å²) in [5, 5.41) is 3.41. The van der Waals surface area contributed by atoms with Crippen LogP contribution in [-0.4, -0.2) is 32.5 Å². The zero-order valence-corrected chi connectivity index (χ0v) is 13.2. The molecule has 1 N–H and O–H groups in total. The van der Waals surface area contributed by atoms with E-state index >= 15 is 0 Å². The quantitative estimate of drug-likeness (QED) is 0.747. The molecule has 0 amide bonds. The van der Waals surface area contributed by atoms with Gasteiger partial charge < -0.3 is 19.5 Å². The van der Waals surface area contributed by atoms with E-state index in [0.717, 1.165) is 50.5 Å². The lowest BCUT2D eigenvalue weighted by atomic mass is 10.1. The highest BCUT2D eigenvalue weighted by atomic mass is 16.6. The molecule has 2 rings (SSSR count). The second-order valence-corrected chi connectivity index (χ2v) is 5.35. The monoisotopic (exact) mass is 293 g/mol. The average Bonchev–Trinajstić information content (AvgIpc) is 2.51. The molecule has 1 fully saturated rings. The van der Waals surface area contributed by atoms with Crippen LogP contribution in [0.1, 0.15) is 38.7 Å². The Morgan fingerprint density at radius 3 is 2.90 bits per heavy atom. The third-order valence-corrected chi connectivity index (χ3v) is 3.48. The Balaban J connectivity index is 2.01. The van der Waals surface area contributed by atoms with E-state index in [2.05, 4.69) is 24.4 Å². The molecule has 4 heteroatoms. The third kappa shape index (κ3) is 5.21. The molecule has 1 aliphatic rings. The minimum absolute atomic E-state index is 0.141. The van der Waals surface area contributed by atoms with E-state index in [1.807, 2.05) is 13.0 Å². The van der Waals surface area contributed by atoms with Gasteiger partial charge in [0.2, 0.25) is 0 Å². The zero-order valence-electron chi connectivity index (χ0n) is 13.2. The highest BCUT2D eigenvalue weighted by Gasteiger charge is 2.17. The van der Waals surface area contributed by atoms with Crippen LogP contribution in [0.15, 0.2) is 18.2 Å². The highest BCUT2D eigenvalue weighted by molar-refractivity contribution is 5.43. The van der Waals surface area contributed by atoms with Gasteiger partial charge in [-0.25, -0.2) is 0 Å². The summed E-state index contributed by atoms with van der Waals surface area (Å²) in [7, 11) is 0. The lowest BCUT2D eigenvalue weighted by Crippen LogP contribution is -2.28. The molecule has 0 bridgehead atoms. The first-order chi connectivity index (χ1) is 10.3. The predicted molar refractivity (Wildman–Crippen MR) is 84.1 cm³/mol. The standard InChI is InChI=1S/C17H27NO3/c1-3-9-18-12-14-7-8-16(17(11-14)20-4-2)21-15-6-5-10-19-13-15/h7-8,11,15,18H,3-6,9-10,12-13H2,1-2H3. The lowest BCUT2D eigenvalue weighted by Gasteiger charge is -2.24. The molecule has 1 unspecified atom stereocenters. The van der Waals surface area contributed by atoms with Crippen molar-refractivity contribution in [1.29, 1.82) is 0 Å². The van der Waals surface area contributed by atoms with E-state index in [-0.39, 0.29) is 6.10 Å². The fraction of sp³-hybridized carbons (Fsp3) is 0.647. The van der Waals surface area contributed by atoms with Crippen LogP contribution in [0.3, 0.4) is 0 Å². The van der Waals surface area contributed by atoms with Gasteiger partial charge in [0.15, 0.2) is 11.5 Å². The van der Waals surface area contributed by atoms with Gasteiger partial charge in [0.05, 0.1) is 13.2 Å². The lowest BCUT2D eigenvalue weighted by molar-refractivity contribution is 0.00624. The van der Waals surface area contributed by atoms with Gasteiger partial charge >= 0.3 is 0 Å². The Morgan fingerprint density at radius 1 is 1.29 bits per heavy atom. The summed E-state index contributed by atoms with van der Waals surface area (Å²) >= 11 is 0. The zero-order chi connectivity index (χ0) is 14.9. The van der Waals surface area contributed by atoms with Crippen molar-refractivity contribution in [2.24, 2.45) is 0 Å². The van der Waals surface area contributed by atoms with E-state index in [9.17, 15) is 0 Å². The highest BCUT2D eigenvalue weighted by Crippen LogP contribution is 2.30. The number of hydrogen-bond donors (Lipinski definition) is 1. The van der Waals surface area contributed by atoms with E-state index < -0.39 is 0 Å². The summed E-state index contributed by atoms with van der Waals surface area (Å²) in [5.41, 5.74) is 1.22. The molecule has 1 saturated heterocycles. The van der Waals surface area contributed by atoms with E-state index in [1.54, 1.807) is 0 Å². The maximum atomic E-state index is 6.05.